The number of benzene rings is 3. The molecule has 5 aromatic rings. The van der Waals surface area contributed by atoms with Crippen LogP contribution in [-0.4, -0.2) is 20.7 Å². The number of aryl methyl sites for hydroxylation is 1. The van der Waals surface area contributed by atoms with Crippen molar-refractivity contribution in [1.82, 2.24) is 20.1 Å². The molecule has 1 N–H and O–H groups in total. The molecular formula is C28H23FN4O2S. The Hall–Kier alpha value is -4.17. The van der Waals surface area contributed by atoms with Crippen LogP contribution in [0.25, 0.3) is 17.3 Å². The van der Waals surface area contributed by atoms with Crippen molar-refractivity contribution in [3.05, 3.63) is 119 Å². The van der Waals surface area contributed by atoms with Gasteiger partial charge >= 0.3 is 0 Å². The fourth-order valence-corrected chi connectivity index (χ4v) is 4.80. The summed E-state index contributed by atoms with van der Waals surface area (Å²) in [5.74, 6) is 1.26. The second kappa shape index (κ2) is 10.6. The van der Waals surface area contributed by atoms with Crippen LogP contribution in [0.1, 0.15) is 27.0 Å². The van der Waals surface area contributed by atoms with E-state index in [1.165, 1.54) is 23.9 Å². The lowest BCUT2D eigenvalue weighted by atomic mass is 10.1. The molecule has 8 heteroatoms. The number of nitrogens with zero attached hydrogens (tertiary/aromatic N) is 3. The first kappa shape index (κ1) is 23.6. The normalized spacial score (nSPS) is 10.9. The molecule has 0 bridgehead atoms. The van der Waals surface area contributed by atoms with E-state index in [0.29, 0.717) is 34.6 Å². The Morgan fingerprint density at radius 1 is 0.972 bits per heavy atom. The molecule has 0 aliphatic heterocycles. The van der Waals surface area contributed by atoms with E-state index in [2.05, 4.69) is 15.5 Å². The number of para-hydroxylation sites is 1. The lowest BCUT2D eigenvalue weighted by molar-refractivity contribution is 0.0950. The SMILES string of the molecule is Cc1ccccc1-n1c(SCc2ccccc2C(=O)NCc2ccc(F)cc2)nnc1-c1ccco1. The molecule has 36 heavy (non-hydrogen) atoms. The number of carbonyl (C=O) groups is 1. The third-order valence-corrected chi connectivity index (χ3v) is 6.69. The largest absolute Gasteiger partial charge is 0.461 e. The van der Waals surface area contributed by atoms with Crippen LogP contribution in [0.4, 0.5) is 4.39 Å². The van der Waals surface area contributed by atoms with Gasteiger partial charge in [0.25, 0.3) is 5.91 Å². The van der Waals surface area contributed by atoms with E-state index in [0.717, 1.165) is 22.4 Å². The third-order valence-electron chi connectivity index (χ3n) is 5.72. The summed E-state index contributed by atoms with van der Waals surface area (Å²) in [6.07, 6.45) is 1.61. The fraction of sp³-hybridized carbons (Fsp3) is 0.107. The minimum Gasteiger partial charge on any atom is -0.461 e. The Balaban J connectivity index is 1.38. The van der Waals surface area contributed by atoms with Crippen molar-refractivity contribution in [2.75, 3.05) is 0 Å². The average Bonchev–Trinajstić information content (AvgIpc) is 3.58. The zero-order chi connectivity index (χ0) is 24.9. The predicted molar refractivity (Wildman–Crippen MR) is 137 cm³/mol. The lowest BCUT2D eigenvalue weighted by Crippen LogP contribution is -2.23. The molecule has 0 saturated carbocycles. The second-order valence-electron chi connectivity index (χ2n) is 8.16. The Morgan fingerprint density at radius 2 is 1.75 bits per heavy atom. The Labute approximate surface area is 212 Å². The zero-order valence-electron chi connectivity index (χ0n) is 19.5. The molecule has 0 unspecified atom stereocenters. The number of carbonyl (C=O) groups excluding carboxylic acids is 1. The monoisotopic (exact) mass is 498 g/mol. The van der Waals surface area contributed by atoms with Gasteiger partial charge in [-0.25, -0.2) is 4.39 Å². The van der Waals surface area contributed by atoms with Gasteiger partial charge in [0.15, 0.2) is 10.9 Å². The standard InChI is InChI=1S/C28H23FN4O2S/c1-19-7-2-5-10-24(19)33-26(25-11-6-16-35-25)31-32-28(33)36-18-21-8-3-4-9-23(21)27(34)30-17-20-12-14-22(29)15-13-20/h2-16H,17-18H2,1H3,(H,30,34). The molecule has 0 atom stereocenters. The van der Waals surface area contributed by atoms with Crippen LogP contribution in [0.2, 0.25) is 0 Å². The average molecular weight is 499 g/mol. The fourth-order valence-electron chi connectivity index (χ4n) is 3.85. The number of hydrogen-bond acceptors (Lipinski definition) is 5. The number of hydrogen-bond donors (Lipinski definition) is 1. The molecular weight excluding hydrogens is 475 g/mol. The van der Waals surface area contributed by atoms with Gasteiger partial charge in [-0.2, -0.15) is 0 Å². The van der Waals surface area contributed by atoms with Gasteiger partial charge in [-0.1, -0.05) is 60.3 Å². The quantitative estimate of drug-likeness (QED) is 0.258. The maximum Gasteiger partial charge on any atom is 0.251 e. The molecule has 6 nitrogen and oxygen atoms in total. The molecule has 0 spiro atoms. The van der Waals surface area contributed by atoms with Gasteiger partial charge in [-0.3, -0.25) is 9.36 Å². The highest BCUT2D eigenvalue weighted by Crippen LogP contribution is 2.31. The van der Waals surface area contributed by atoms with E-state index in [9.17, 15) is 9.18 Å². The van der Waals surface area contributed by atoms with Gasteiger partial charge in [-0.15, -0.1) is 10.2 Å². The van der Waals surface area contributed by atoms with E-state index < -0.39 is 0 Å². The molecule has 2 aromatic heterocycles. The van der Waals surface area contributed by atoms with Crippen molar-refractivity contribution in [2.45, 2.75) is 24.4 Å². The summed E-state index contributed by atoms with van der Waals surface area (Å²) >= 11 is 1.50. The number of halogens is 1. The van der Waals surface area contributed by atoms with Crippen LogP contribution in [0.3, 0.4) is 0 Å². The van der Waals surface area contributed by atoms with E-state index in [1.807, 2.05) is 66.1 Å². The third kappa shape index (κ3) is 5.08. The van der Waals surface area contributed by atoms with Crippen molar-refractivity contribution in [3.63, 3.8) is 0 Å². The number of furan rings is 1. The first-order chi connectivity index (χ1) is 17.6. The summed E-state index contributed by atoms with van der Waals surface area (Å²) in [7, 11) is 0. The molecule has 0 saturated heterocycles. The zero-order valence-corrected chi connectivity index (χ0v) is 20.3. The minimum atomic E-state index is -0.304. The summed E-state index contributed by atoms with van der Waals surface area (Å²) in [6.45, 7) is 2.35. The lowest BCUT2D eigenvalue weighted by Gasteiger charge is -2.13. The van der Waals surface area contributed by atoms with Crippen LogP contribution < -0.4 is 5.32 Å². The maximum absolute atomic E-state index is 13.2. The van der Waals surface area contributed by atoms with Crippen LogP contribution >= 0.6 is 11.8 Å². The minimum absolute atomic E-state index is 0.188. The van der Waals surface area contributed by atoms with E-state index in [1.54, 1.807) is 24.5 Å². The summed E-state index contributed by atoms with van der Waals surface area (Å²) in [4.78, 5) is 13.0. The van der Waals surface area contributed by atoms with Gasteiger partial charge in [0.1, 0.15) is 5.82 Å². The second-order valence-corrected chi connectivity index (χ2v) is 9.10. The Morgan fingerprint density at radius 3 is 2.53 bits per heavy atom. The van der Waals surface area contributed by atoms with Crippen LogP contribution in [0.15, 0.2) is 101 Å². The highest BCUT2D eigenvalue weighted by molar-refractivity contribution is 7.98. The molecule has 1 amide bonds. The Kier molecular flexibility index (Phi) is 6.95. The van der Waals surface area contributed by atoms with Gasteiger partial charge in [-0.05, 0) is 60.0 Å². The highest BCUT2D eigenvalue weighted by atomic mass is 32.2. The molecule has 0 fully saturated rings. The van der Waals surface area contributed by atoms with E-state index >= 15 is 0 Å². The van der Waals surface area contributed by atoms with Gasteiger partial charge in [0.05, 0.1) is 12.0 Å². The number of aromatic nitrogens is 3. The first-order valence-electron chi connectivity index (χ1n) is 11.4. The highest BCUT2D eigenvalue weighted by Gasteiger charge is 2.20. The first-order valence-corrected chi connectivity index (χ1v) is 12.4. The van der Waals surface area contributed by atoms with Gasteiger partial charge < -0.3 is 9.73 Å². The topological polar surface area (TPSA) is 73.0 Å². The van der Waals surface area contributed by atoms with Crippen molar-refractivity contribution in [3.8, 4) is 17.3 Å². The Bertz CT molecular complexity index is 1480. The number of amides is 1. The molecule has 0 aliphatic rings. The molecule has 5 rings (SSSR count). The van der Waals surface area contributed by atoms with Crippen molar-refractivity contribution >= 4 is 17.7 Å². The summed E-state index contributed by atoms with van der Waals surface area (Å²) in [5, 5.41) is 12.5. The maximum atomic E-state index is 13.2. The van der Waals surface area contributed by atoms with Gasteiger partial charge in [0.2, 0.25) is 5.82 Å². The van der Waals surface area contributed by atoms with E-state index in [-0.39, 0.29) is 11.7 Å². The molecule has 0 aliphatic carbocycles. The van der Waals surface area contributed by atoms with Crippen molar-refractivity contribution in [1.29, 1.82) is 0 Å². The van der Waals surface area contributed by atoms with Crippen molar-refractivity contribution < 1.29 is 13.6 Å². The number of rotatable bonds is 8. The summed E-state index contributed by atoms with van der Waals surface area (Å²) in [5.41, 5.74) is 4.32. The van der Waals surface area contributed by atoms with Crippen LogP contribution in [-0.2, 0) is 12.3 Å². The van der Waals surface area contributed by atoms with Crippen LogP contribution in [0, 0.1) is 12.7 Å². The van der Waals surface area contributed by atoms with Gasteiger partial charge in [0, 0.05) is 17.9 Å². The smallest absolute Gasteiger partial charge is 0.251 e. The molecule has 180 valence electrons. The van der Waals surface area contributed by atoms with Crippen LogP contribution in [0.5, 0.6) is 0 Å². The summed E-state index contributed by atoms with van der Waals surface area (Å²) < 4.78 is 20.8. The number of nitrogens with one attached hydrogen (secondary N) is 1. The molecule has 0 radical (unpaired) electrons. The molecule has 3 aromatic carbocycles. The van der Waals surface area contributed by atoms with Crippen molar-refractivity contribution in [2.24, 2.45) is 0 Å². The summed E-state index contributed by atoms with van der Waals surface area (Å²) in [6, 6.07) is 25.3. The molecule has 2 heterocycles. The number of thioether (sulfide) groups is 1. The van der Waals surface area contributed by atoms with E-state index in [4.69, 9.17) is 4.42 Å². The predicted octanol–water partition coefficient (Wildman–Crippen LogP) is 6.20.